The monoisotopic (exact) mass is 434 g/mol. The standard InChI is InChI=1S/C24H19ClN2O4/c1-31-19-10-6-16(7-11-19)21-20(22(28)17-4-8-18(25)9-5-17)23(29)24(30)27(21)14-15-3-2-12-26-13-15/h2-13,21,28H,14H2,1H3. The maximum absolute atomic E-state index is 13.0. The molecule has 1 atom stereocenters. The third-order valence-corrected chi connectivity index (χ3v) is 5.42. The molecule has 0 saturated carbocycles. The average molecular weight is 435 g/mol. The van der Waals surface area contributed by atoms with Crippen LogP contribution in [0, 0.1) is 0 Å². The molecule has 1 N–H and O–H groups in total. The van der Waals surface area contributed by atoms with Crippen molar-refractivity contribution in [2.24, 2.45) is 0 Å². The fourth-order valence-electron chi connectivity index (χ4n) is 3.63. The lowest BCUT2D eigenvalue weighted by molar-refractivity contribution is -0.140. The zero-order valence-electron chi connectivity index (χ0n) is 16.7. The second-order valence-electron chi connectivity index (χ2n) is 7.07. The molecule has 3 aromatic rings. The molecule has 1 unspecified atom stereocenters. The van der Waals surface area contributed by atoms with Crippen LogP contribution in [0.25, 0.3) is 5.76 Å². The minimum Gasteiger partial charge on any atom is -0.507 e. The molecule has 6 nitrogen and oxygen atoms in total. The van der Waals surface area contributed by atoms with E-state index in [2.05, 4.69) is 4.98 Å². The zero-order chi connectivity index (χ0) is 22.0. The Bertz CT molecular complexity index is 1140. The van der Waals surface area contributed by atoms with Crippen LogP contribution in [0.15, 0.2) is 78.6 Å². The van der Waals surface area contributed by atoms with E-state index < -0.39 is 17.7 Å². The number of aliphatic hydroxyl groups excluding tert-OH is 1. The predicted octanol–water partition coefficient (Wildman–Crippen LogP) is 4.37. The average Bonchev–Trinajstić information content (AvgIpc) is 3.05. The summed E-state index contributed by atoms with van der Waals surface area (Å²) in [6, 6.07) is 16.3. The Labute approximate surface area is 184 Å². The van der Waals surface area contributed by atoms with Crippen LogP contribution < -0.4 is 4.74 Å². The number of methoxy groups -OCH3 is 1. The van der Waals surface area contributed by atoms with Crippen molar-refractivity contribution in [1.82, 2.24) is 9.88 Å². The van der Waals surface area contributed by atoms with Crippen LogP contribution >= 0.6 is 11.6 Å². The molecule has 2 aromatic carbocycles. The predicted molar refractivity (Wildman–Crippen MR) is 117 cm³/mol. The highest BCUT2D eigenvalue weighted by Gasteiger charge is 2.46. The fourth-order valence-corrected chi connectivity index (χ4v) is 3.75. The summed E-state index contributed by atoms with van der Waals surface area (Å²) in [4.78, 5) is 31.5. The van der Waals surface area contributed by atoms with E-state index >= 15 is 0 Å². The molecule has 1 fully saturated rings. The SMILES string of the molecule is COc1ccc(C2C(=C(O)c3ccc(Cl)cc3)C(=O)C(=O)N2Cc2cccnc2)cc1. The molecule has 156 valence electrons. The molecule has 0 aliphatic carbocycles. The van der Waals surface area contributed by atoms with Gasteiger partial charge in [-0.25, -0.2) is 0 Å². The van der Waals surface area contributed by atoms with Crippen molar-refractivity contribution in [3.05, 3.63) is 100 Å². The van der Waals surface area contributed by atoms with E-state index in [0.717, 1.165) is 5.56 Å². The molecule has 1 saturated heterocycles. The van der Waals surface area contributed by atoms with Crippen molar-refractivity contribution < 1.29 is 19.4 Å². The number of carbonyl (C=O) groups excluding carboxylic acids is 2. The van der Waals surface area contributed by atoms with Crippen molar-refractivity contribution in [3.8, 4) is 5.75 Å². The molecular weight excluding hydrogens is 416 g/mol. The van der Waals surface area contributed by atoms with E-state index in [1.54, 1.807) is 74.1 Å². The van der Waals surface area contributed by atoms with Gasteiger partial charge in [-0.2, -0.15) is 0 Å². The largest absolute Gasteiger partial charge is 0.507 e. The number of hydrogen-bond donors (Lipinski definition) is 1. The molecule has 1 aromatic heterocycles. The molecule has 1 aliphatic heterocycles. The summed E-state index contributed by atoms with van der Waals surface area (Å²) in [5.41, 5.74) is 1.89. The van der Waals surface area contributed by atoms with E-state index in [4.69, 9.17) is 16.3 Å². The lowest BCUT2D eigenvalue weighted by atomic mass is 9.95. The third kappa shape index (κ3) is 4.02. The molecule has 0 radical (unpaired) electrons. The highest BCUT2D eigenvalue weighted by Crippen LogP contribution is 2.40. The highest BCUT2D eigenvalue weighted by molar-refractivity contribution is 6.46. The minimum atomic E-state index is -0.762. The number of aromatic nitrogens is 1. The van der Waals surface area contributed by atoms with E-state index in [1.807, 2.05) is 6.07 Å². The highest BCUT2D eigenvalue weighted by atomic mass is 35.5. The van der Waals surface area contributed by atoms with Gasteiger partial charge in [0.25, 0.3) is 11.7 Å². The Balaban J connectivity index is 1.85. The Morgan fingerprint density at radius 3 is 2.42 bits per heavy atom. The minimum absolute atomic E-state index is 0.0291. The number of benzene rings is 2. The van der Waals surface area contributed by atoms with Crippen LogP contribution in [0.4, 0.5) is 0 Å². The van der Waals surface area contributed by atoms with Gasteiger partial charge in [0.15, 0.2) is 0 Å². The topological polar surface area (TPSA) is 79.7 Å². The third-order valence-electron chi connectivity index (χ3n) is 5.16. The van der Waals surface area contributed by atoms with Gasteiger partial charge in [0.05, 0.1) is 18.7 Å². The molecule has 4 rings (SSSR count). The van der Waals surface area contributed by atoms with Gasteiger partial charge < -0.3 is 14.7 Å². The number of Topliss-reactive ketones (excluding diaryl/α,β-unsaturated/α-hetero) is 1. The number of carbonyl (C=O) groups is 2. The number of rotatable bonds is 5. The first-order chi connectivity index (χ1) is 15.0. The molecule has 1 aliphatic rings. The van der Waals surface area contributed by atoms with E-state index in [-0.39, 0.29) is 17.9 Å². The number of aliphatic hydroxyl groups is 1. The maximum Gasteiger partial charge on any atom is 0.295 e. The first-order valence-electron chi connectivity index (χ1n) is 9.57. The molecule has 2 heterocycles. The van der Waals surface area contributed by atoms with E-state index in [1.165, 1.54) is 4.90 Å². The normalized spacial score (nSPS) is 17.7. The number of likely N-dealkylation sites (tertiary alicyclic amines) is 1. The number of ether oxygens (including phenoxy) is 1. The van der Waals surface area contributed by atoms with Gasteiger partial charge in [-0.05, 0) is 53.6 Å². The van der Waals surface area contributed by atoms with Crippen molar-refractivity contribution >= 4 is 29.1 Å². The van der Waals surface area contributed by atoms with Crippen LogP contribution in [0.2, 0.25) is 5.02 Å². The van der Waals surface area contributed by atoms with Crippen LogP contribution in [-0.2, 0) is 16.1 Å². The Hall–Kier alpha value is -3.64. The lowest BCUT2D eigenvalue weighted by Crippen LogP contribution is -2.29. The molecular formula is C24H19ClN2O4. The summed E-state index contributed by atoms with van der Waals surface area (Å²) < 4.78 is 5.22. The van der Waals surface area contributed by atoms with Crippen molar-refractivity contribution in [1.29, 1.82) is 0 Å². The maximum atomic E-state index is 13.0. The molecule has 7 heteroatoms. The summed E-state index contributed by atoms with van der Waals surface area (Å²) in [6.07, 6.45) is 3.28. The number of hydrogen-bond acceptors (Lipinski definition) is 5. The van der Waals surface area contributed by atoms with Crippen LogP contribution in [0.1, 0.15) is 22.7 Å². The lowest BCUT2D eigenvalue weighted by Gasteiger charge is -2.25. The Morgan fingerprint density at radius 1 is 1.10 bits per heavy atom. The van der Waals surface area contributed by atoms with Crippen molar-refractivity contribution in [3.63, 3.8) is 0 Å². The van der Waals surface area contributed by atoms with Gasteiger partial charge >= 0.3 is 0 Å². The summed E-state index contributed by atoms with van der Waals surface area (Å²) >= 11 is 5.95. The Morgan fingerprint density at radius 2 is 1.81 bits per heavy atom. The van der Waals surface area contributed by atoms with Gasteiger partial charge in [-0.1, -0.05) is 29.8 Å². The summed E-state index contributed by atoms with van der Waals surface area (Å²) in [5, 5.41) is 11.5. The van der Waals surface area contributed by atoms with Gasteiger partial charge in [0.2, 0.25) is 0 Å². The van der Waals surface area contributed by atoms with E-state index in [0.29, 0.717) is 21.9 Å². The number of ketones is 1. The second kappa shape index (κ2) is 8.62. The quantitative estimate of drug-likeness (QED) is 0.366. The molecule has 0 bridgehead atoms. The van der Waals surface area contributed by atoms with E-state index in [9.17, 15) is 14.7 Å². The van der Waals surface area contributed by atoms with Crippen LogP contribution in [0.3, 0.4) is 0 Å². The Kier molecular flexibility index (Phi) is 5.73. The van der Waals surface area contributed by atoms with Crippen molar-refractivity contribution in [2.45, 2.75) is 12.6 Å². The number of amides is 1. The molecule has 1 amide bonds. The van der Waals surface area contributed by atoms with Crippen LogP contribution in [0.5, 0.6) is 5.75 Å². The summed E-state index contributed by atoms with van der Waals surface area (Å²) in [7, 11) is 1.56. The number of halogens is 1. The molecule has 0 spiro atoms. The first kappa shape index (κ1) is 20.6. The second-order valence-corrected chi connectivity index (χ2v) is 7.50. The number of nitrogens with zero attached hydrogens (tertiary/aromatic N) is 2. The number of pyridine rings is 1. The first-order valence-corrected chi connectivity index (χ1v) is 9.94. The van der Waals surface area contributed by atoms with Gasteiger partial charge in [-0.15, -0.1) is 0 Å². The summed E-state index contributed by atoms with van der Waals surface area (Å²) in [5.74, 6) is -1.02. The molecule has 31 heavy (non-hydrogen) atoms. The van der Waals surface area contributed by atoms with Gasteiger partial charge in [-0.3, -0.25) is 14.6 Å². The van der Waals surface area contributed by atoms with Crippen LogP contribution in [-0.4, -0.2) is 33.8 Å². The zero-order valence-corrected chi connectivity index (χ0v) is 17.4. The van der Waals surface area contributed by atoms with Crippen molar-refractivity contribution in [2.75, 3.05) is 7.11 Å². The summed E-state index contributed by atoms with van der Waals surface area (Å²) in [6.45, 7) is 0.173. The fraction of sp³-hybridized carbons (Fsp3) is 0.125. The van der Waals surface area contributed by atoms with Gasteiger partial charge in [0.1, 0.15) is 11.5 Å². The van der Waals surface area contributed by atoms with Gasteiger partial charge in [0, 0.05) is 29.5 Å². The smallest absolute Gasteiger partial charge is 0.295 e.